The molecule has 23 heavy (non-hydrogen) atoms. The van der Waals surface area contributed by atoms with Crippen molar-refractivity contribution in [2.24, 2.45) is 0 Å². The number of nitrogens with one attached hydrogen (secondary N) is 1. The number of fused-ring (bicyclic) bond motifs is 1. The number of hydrogen-bond acceptors (Lipinski definition) is 4. The van der Waals surface area contributed by atoms with Gasteiger partial charge in [-0.3, -0.25) is 4.79 Å². The molecule has 1 amide bonds. The van der Waals surface area contributed by atoms with Crippen molar-refractivity contribution in [1.29, 1.82) is 0 Å². The van der Waals surface area contributed by atoms with Gasteiger partial charge < -0.3 is 10.2 Å². The molecule has 1 N–H and O–H groups in total. The minimum absolute atomic E-state index is 0.241. The van der Waals surface area contributed by atoms with Crippen LogP contribution in [0.1, 0.15) is 50.8 Å². The van der Waals surface area contributed by atoms with Gasteiger partial charge in [-0.05, 0) is 44.9 Å². The summed E-state index contributed by atoms with van der Waals surface area (Å²) in [5.41, 5.74) is 1.27. The van der Waals surface area contributed by atoms with Gasteiger partial charge in [-0.15, -0.1) is 0 Å². The fourth-order valence-electron chi connectivity index (χ4n) is 3.69. The Labute approximate surface area is 136 Å². The molecule has 2 heterocycles. The van der Waals surface area contributed by atoms with Gasteiger partial charge in [-0.2, -0.15) is 5.10 Å². The first-order valence-corrected chi connectivity index (χ1v) is 8.92. The third kappa shape index (κ3) is 3.32. The third-order valence-electron chi connectivity index (χ3n) is 5.10. The third-order valence-corrected chi connectivity index (χ3v) is 5.10. The fraction of sp³-hybridized carbons (Fsp3) is 0.706. The summed E-state index contributed by atoms with van der Waals surface area (Å²) < 4.78 is 1.95. The van der Waals surface area contributed by atoms with Crippen molar-refractivity contribution in [3.63, 3.8) is 0 Å². The smallest absolute Gasteiger partial charge is 0.240 e. The van der Waals surface area contributed by atoms with Crippen molar-refractivity contribution < 1.29 is 4.79 Å². The van der Waals surface area contributed by atoms with Crippen LogP contribution in [0.4, 0.5) is 0 Å². The molecule has 0 saturated heterocycles. The maximum atomic E-state index is 12.8. The lowest BCUT2D eigenvalue weighted by atomic mass is 10.0. The number of allylic oxidation sites excluding steroid dienone is 2. The van der Waals surface area contributed by atoms with Gasteiger partial charge in [0.15, 0.2) is 0 Å². The lowest BCUT2D eigenvalue weighted by Gasteiger charge is -2.29. The lowest BCUT2D eigenvalue weighted by Crippen LogP contribution is -2.45. The zero-order valence-corrected chi connectivity index (χ0v) is 13.6. The fourth-order valence-corrected chi connectivity index (χ4v) is 3.69. The maximum Gasteiger partial charge on any atom is 0.240 e. The number of aromatic nitrogens is 3. The van der Waals surface area contributed by atoms with Gasteiger partial charge in [0.1, 0.15) is 12.2 Å². The molecule has 2 aliphatic carbocycles. The van der Waals surface area contributed by atoms with Crippen molar-refractivity contribution in [3.8, 4) is 0 Å². The average molecular weight is 315 g/mol. The summed E-state index contributed by atoms with van der Waals surface area (Å²) >= 11 is 0. The lowest BCUT2D eigenvalue weighted by molar-refractivity contribution is -0.129. The molecule has 1 aromatic rings. The Balaban J connectivity index is 1.34. The molecule has 1 atom stereocenters. The molecular weight excluding hydrogens is 290 g/mol. The summed E-state index contributed by atoms with van der Waals surface area (Å²) in [7, 11) is 0. The molecule has 1 aliphatic heterocycles. The van der Waals surface area contributed by atoms with Gasteiger partial charge in [0, 0.05) is 24.2 Å². The van der Waals surface area contributed by atoms with Crippen LogP contribution in [0.15, 0.2) is 18.1 Å². The van der Waals surface area contributed by atoms with E-state index in [-0.39, 0.29) is 5.91 Å². The zero-order valence-electron chi connectivity index (χ0n) is 13.6. The van der Waals surface area contributed by atoms with E-state index < -0.39 is 0 Å². The molecule has 0 bridgehead atoms. The van der Waals surface area contributed by atoms with Gasteiger partial charge in [0.05, 0.1) is 13.1 Å². The minimum atomic E-state index is 0.241. The topological polar surface area (TPSA) is 63.1 Å². The van der Waals surface area contributed by atoms with Crippen LogP contribution in [-0.4, -0.2) is 44.2 Å². The monoisotopic (exact) mass is 315 g/mol. The summed E-state index contributed by atoms with van der Waals surface area (Å²) in [6, 6.07) is 0.775. The molecule has 3 aliphatic rings. The number of aryl methyl sites for hydroxylation is 1. The van der Waals surface area contributed by atoms with Crippen LogP contribution in [0.5, 0.6) is 0 Å². The van der Waals surface area contributed by atoms with Gasteiger partial charge in [0.2, 0.25) is 5.91 Å². The molecular formula is C17H25N5O. The molecule has 124 valence electrons. The van der Waals surface area contributed by atoms with E-state index in [4.69, 9.17) is 0 Å². The molecule has 1 saturated carbocycles. The largest absolute Gasteiger partial charge is 0.312 e. The van der Waals surface area contributed by atoms with Crippen molar-refractivity contribution in [2.75, 3.05) is 6.54 Å². The number of carbonyl (C=O) groups excluding carboxylic acids is 1. The van der Waals surface area contributed by atoms with E-state index >= 15 is 0 Å². The minimum Gasteiger partial charge on any atom is -0.312 e. The van der Waals surface area contributed by atoms with E-state index in [0.717, 1.165) is 50.9 Å². The zero-order chi connectivity index (χ0) is 15.6. The van der Waals surface area contributed by atoms with E-state index in [1.165, 1.54) is 18.5 Å². The van der Waals surface area contributed by atoms with E-state index in [0.29, 0.717) is 18.6 Å². The standard InChI is InChI=1S/C17H25N5O/c23-17(22(15-7-8-15)14-4-2-1-3-5-14)10-18-13-6-9-16-19-12-20-21(16)11-13/h4,12-13,15,18H,1-3,5-11H2/t13-/m0/s1. The Morgan fingerprint density at radius 2 is 2.22 bits per heavy atom. The van der Waals surface area contributed by atoms with Crippen LogP contribution in [0.3, 0.4) is 0 Å². The van der Waals surface area contributed by atoms with Crippen molar-refractivity contribution in [1.82, 2.24) is 25.0 Å². The quantitative estimate of drug-likeness (QED) is 0.897. The molecule has 1 aromatic heterocycles. The molecule has 6 heteroatoms. The van der Waals surface area contributed by atoms with Gasteiger partial charge in [-0.25, -0.2) is 9.67 Å². The summed E-state index contributed by atoms with van der Waals surface area (Å²) in [4.78, 5) is 19.1. The molecule has 0 aromatic carbocycles. The van der Waals surface area contributed by atoms with E-state index in [9.17, 15) is 4.79 Å². The highest BCUT2D eigenvalue weighted by molar-refractivity contribution is 5.80. The van der Waals surface area contributed by atoms with Gasteiger partial charge in [0.25, 0.3) is 0 Å². The predicted octanol–water partition coefficient (Wildman–Crippen LogP) is 1.63. The van der Waals surface area contributed by atoms with E-state index in [2.05, 4.69) is 26.4 Å². The summed E-state index contributed by atoms with van der Waals surface area (Å²) in [6.07, 6.45) is 12.8. The normalized spacial score (nSPS) is 24.0. The van der Waals surface area contributed by atoms with E-state index in [1.807, 2.05) is 4.68 Å². The van der Waals surface area contributed by atoms with Crippen LogP contribution in [0, 0.1) is 0 Å². The van der Waals surface area contributed by atoms with Crippen molar-refractivity contribution in [2.45, 2.75) is 70.0 Å². The number of rotatable bonds is 5. The number of carbonyl (C=O) groups is 1. The Morgan fingerprint density at radius 3 is 3.00 bits per heavy atom. The Hall–Kier alpha value is -1.69. The highest BCUT2D eigenvalue weighted by atomic mass is 16.2. The SMILES string of the molecule is O=C(CN[C@H]1CCc2ncnn2C1)N(C1=CCCCC1)C1CC1. The second-order valence-corrected chi connectivity index (χ2v) is 6.91. The first kappa shape index (κ1) is 14.9. The summed E-state index contributed by atoms with van der Waals surface area (Å²) in [5.74, 6) is 1.30. The molecule has 6 nitrogen and oxygen atoms in total. The highest BCUT2D eigenvalue weighted by Gasteiger charge is 2.35. The molecule has 0 radical (unpaired) electrons. The number of amides is 1. The van der Waals surface area contributed by atoms with E-state index in [1.54, 1.807) is 6.33 Å². The molecule has 0 unspecified atom stereocenters. The highest BCUT2D eigenvalue weighted by Crippen LogP contribution is 2.33. The van der Waals surface area contributed by atoms with Crippen molar-refractivity contribution >= 4 is 5.91 Å². The second kappa shape index (κ2) is 6.43. The number of nitrogens with zero attached hydrogens (tertiary/aromatic N) is 4. The predicted molar refractivity (Wildman–Crippen MR) is 86.6 cm³/mol. The second-order valence-electron chi connectivity index (χ2n) is 6.91. The molecule has 0 spiro atoms. The van der Waals surface area contributed by atoms with Crippen LogP contribution >= 0.6 is 0 Å². The first-order chi connectivity index (χ1) is 11.3. The Morgan fingerprint density at radius 1 is 1.30 bits per heavy atom. The summed E-state index contributed by atoms with van der Waals surface area (Å²) in [6.45, 7) is 1.25. The van der Waals surface area contributed by atoms with Crippen LogP contribution in [-0.2, 0) is 17.8 Å². The van der Waals surface area contributed by atoms with Crippen LogP contribution in [0.2, 0.25) is 0 Å². The average Bonchev–Trinajstić information content (AvgIpc) is 3.30. The summed E-state index contributed by atoms with van der Waals surface area (Å²) in [5, 5.41) is 7.69. The first-order valence-electron chi connectivity index (χ1n) is 8.92. The van der Waals surface area contributed by atoms with Crippen molar-refractivity contribution in [3.05, 3.63) is 23.9 Å². The Bertz CT molecular complexity index is 604. The van der Waals surface area contributed by atoms with Crippen LogP contribution in [0.25, 0.3) is 0 Å². The Kier molecular flexibility index (Phi) is 4.16. The van der Waals surface area contributed by atoms with Gasteiger partial charge >= 0.3 is 0 Å². The van der Waals surface area contributed by atoms with Crippen LogP contribution < -0.4 is 5.32 Å². The van der Waals surface area contributed by atoms with Gasteiger partial charge in [-0.1, -0.05) is 6.08 Å². The molecule has 1 fully saturated rings. The number of hydrogen-bond donors (Lipinski definition) is 1. The molecule has 4 rings (SSSR count). The maximum absolute atomic E-state index is 12.8.